The molecule has 1 unspecified atom stereocenters. The van der Waals surface area contributed by atoms with Crippen molar-refractivity contribution in [3.05, 3.63) is 26.4 Å². The smallest absolute Gasteiger partial charge is 0.333 e. The molecule has 1 aromatic heterocycles. The maximum Gasteiger partial charge on any atom is 0.333 e. The molecule has 0 aliphatic rings. The molecule has 24 heavy (non-hydrogen) atoms. The highest BCUT2D eigenvalue weighted by Gasteiger charge is 2.18. The van der Waals surface area contributed by atoms with E-state index >= 15 is 0 Å². The summed E-state index contributed by atoms with van der Waals surface area (Å²) >= 11 is 0. The molecule has 0 spiro atoms. The first-order chi connectivity index (χ1) is 11.2. The molecule has 1 amide bonds. The van der Waals surface area contributed by atoms with Crippen LogP contribution in [0, 0.1) is 0 Å². The first-order valence-corrected chi connectivity index (χ1v) is 7.21. The van der Waals surface area contributed by atoms with Crippen molar-refractivity contribution in [1.82, 2.24) is 14.5 Å². The van der Waals surface area contributed by atoms with Crippen LogP contribution in [0.15, 0.2) is 14.6 Å². The average molecular weight is 340 g/mol. The third-order valence-electron chi connectivity index (χ3n) is 3.33. The second kappa shape index (κ2) is 8.09. The summed E-state index contributed by atoms with van der Waals surface area (Å²) in [5.41, 5.74) is -1.69. The van der Waals surface area contributed by atoms with E-state index in [1.807, 2.05) is 0 Å². The van der Waals surface area contributed by atoms with Crippen molar-refractivity contribution in [2.45, 2.75) is 25.8 Å². The van der Waals surface area contributed by atoms with Gasteiger partial charge in [0.2, 0.25) is 11.8 Å². The fourth-order valence-electron chi connectivity index (χ4n) is 1.98. The third kappa shape index (κ3) is 4.31. The molecule has 1 aromatic rings. The predicted molar refractivity (Wildman–Crippen MR) is 85.5 cm³/mol. The molecule has 3 N–H and O–H groups in total. The van der Waals surface area contributed by atoms with Crippen molar-refractivity contribution < 1.29 is 19.8 Å². The lowest BCUT2D eigenvalue weighted by Crippen LogP contribution is -2.41. The van der Waals surface area contributed by atoms with E-state index < -0.39 is 41.6 Å². The van der Waals surface area contributed by atoms with Gasteiger partial charge in [-0.2, -0.15) is 0 Å². The molecule has 0 saturated heterocycles. The van der Waals surface area contributed by atoms with E-state index in [0.717, 1.165) is 15.3 Å². The van der Waals surface area contributed by atoms with Crippen LogP contribution in [0.1, 0.15) is 25.3 Å². The number of carbonyl (C=O) groups excluding carboxylic acids is 1. The monoisotopic (exact) mass is 340 g/mol. The summed E-state index contributed by atoms with van der Waals surface area (Å²) in [5, 5.41) is 21.1. The quantitative estimate of drug-likeness (QED) is 0.520. The number of aliphatic imine (C=N–C) groups is 1. The summed E-state index contributed by atoms with van der Waals surface area (Å²) < 4.78 is 1.66. The number of nitrogens with zero attached hydrogens (tertiary/aromatic N) is 3. The van der Waals surface area contributed by atoms with Crippen LogP contribution in [0.5, 0.6) is 5.88 Å². The molecule has 132 valence electrons. The zero-order valence-corrected chi connectivity index (χ0v) is 13.6. The van der Waals surface area contributed by atoms with Crippen molar-refractivity contribution in [3.63, 3.8) is 0 Å². The van der Waals surface area contributed by atoms with Gasteiger partial charge in [0.15, 0.2) is 0 Å². The molecule has 0 radical (unpaired) electrons. The van der Waals surface area contributed by atoms with Crippen LogP contribution in [0.2, 0.25) is 0 Å². The summed E-state index contributed by atoms with van der Waals surface area (Å²) in [4.78, 5) is 49.9. The maximum atomic E-state index is 11.9. The summed E-state index contributed by atoms with van der Waals surface area (Å²) in [7, 11) is 2.53. The highest BCUT2D eigenvalue weighted by molar-refractivity contribution is 5.87. The highest BCUT2D eigenvalue weighted by atomic mass is 16.4. The van der Waals surface area contributed by atoms with Crippen LogP contribution < -0.4 is 16.6 Å². The number of aromatic nitrogens is 2. The second-order valence-electron chi connectivity index (χ2n) is 5.16. The van der Waals surface area contributed by atoms with Crippen LogP contribution in [0.3, 0.4) is 0 Å². The molecule has 0 bridgehead atoms. The van der Waals surface area contributed by atoms with Crippen LogP contribution in [-0.4, -0.2) is 50.0 Å². The Hall–Kier alpha value is -2.91. The Morgan fingerprint density at radius 1 is 1.29 bits per heavy atom. The topological polar surface area (TPSA) is 143 Å². The standard InChI is InChI=1S/C14H20N4O6/c1-4-5-9(13(22)23)16-10(19)7-15-6-8-11(20)17(2)14(24)18(3)12(8)21/h6,9,20H,4-5,7H2,1-3H3,(H,16,19)(H,22,23). The van der Waals surface area contributed by atoms with Crippen LogP contribution in [0.25, 0.3) is 0 Å². The normalized spacial score (nSPS) is 12.3. The lowest BCUT2D eigenvalue weighted by atomic mass is 10.1. The molecule has 1 atom stereocenters. The van der Waals surface area contributed by atoms with E-state index in [1.165, 1.54) is 14.1 Å². The number of nitrogens with one attached hydrogen (secondary N) is 1. The van der Waals surface area contributed by atoms with Gasteiger partial charge in [-0.15, -0.1) is 0 Å². The number of carboxylic acid groups (broad SMARTS) is 1. The molecule has 0 aliphatic carbocycles. The molecule has 0 fully saturated rings. The Kier molecular flexibility index (Phi) is 6.45. The van der Waals surface area contributed by atoms with Gasteiger partial charge in [0, 0.05) is 20.3 Å². The van der Waals surface area contributed by atoms with Gasteiger partial charge in [0.25, 0.3) is 5.56 Å². The van der Waals surface area contributed by atoms with E-state index in [2.05, 4.69) is 10.3 Å². The first kappa shape index (κ1) is 19.1. The number of aliphatic carboxylic acids is 1. The zero-order valence-electron chi connectivity index (χ0n) is 13.6. The molecular weight excluding hydrogens is 320 g/mol. The molecule has 1 rings (SSSR count). The van der Waals surface area contributed by atoms with Gasteiger partial charge in [0.05, 0.1) is 0 Å². The number of aromatic hydroxyl groups is 1. The van der Waals surface area contributed by atoms with E-state index in [4.69, 9.17) is 5.11 Å². The van der Waals surface area contributed by atoms with Gasteiger partial charge in [-0.3, -0.25) is 23.7 Å². The SMILES string of the molecule is CCCC(NC(=O)CN=Cc1c(O)n(C)c(=O)n(C)c1=O)C(=O)O. The molecule has 0 saturated carbocycles. The average Bonchev–Trinajstić information content (AvgIpc) is 2.53. The number of carboxylic acids is 1. The fourth-order valence-corrected chi connectivity index (χ4v) is 1.98. The third-order valence-corrected chi connectivity index (χ3v) is 3.33. The van der Waals surface area contributed by atoms with Crippen LogP contribution >= 0.6 is 0 Å². The van der Waals surface area contributed by atoms with Crippen molar-refractivity contribution in [1.29, 1.82) is 0 Å². The first-order valence-electron chi connectivity index (χ1n) is 7.21. The largest absolute Gasteiger partial charge is 0.494 e. The minimum Gasteiger partial charge on any atom is -0.494 e. The van der Waals surface area contributed by atoms with Crippen molar-refractivity contribution >= 4 is 18.1 Å². The van der Waals surface area contributed by atoms with Gasteiger partial charge in [-0.05, 0) is 6.42 Å². The zero-order chi connectivity index (χ0) is 18.4. The van der Waals surface area contributed by atoms with Gasteiger partial charge >= 0.3 is 11.7 Å². The number of amides is 1. The van der Waals surface area contributed by atoms with Crippen LogP contribution in [0.4, 0.5) is 0 Å². The Bertz CT molecular complexity index is 777. The number of hydrogen-bond acceptors (Lipinski definition) is 6. The fraction of sp³-hybridized carbons (Fsp3) is 0.500. The van der Waals surface area contributed by atoms with E-state index in [0.29, 0.717) is 6.42 Å². The van der Waals surface area contributed by atoms with Crippen molar-refractivity contribution in [2.24, 2.45) is 19.1 Å². The molecular formula is C14H20N4O6. The Balaban J connectivity index is 2.89. The summed E-state index contributed by atoms with van der Waals surface area (Å²) in [6.45, 7) is 1.37. The second-order valence-corrected chi connectivity index (χ2v) is 5.16. The van der Waals surface area contributed by atoms with Crippen molar-refractivity contribution in [3.8, 4) is 5.88 Å². The molecule has 10 nitrogen and oxygen atoms in total. The number of rotatable bonds is 7. The van der Waals surface area contributed by atoms with E-state index in [9.17, 15) is 24.3 Å². The Labute approximate surface area is 137 Å². The minimum atomic E-state index is -1.14. The number of hydrogen-bond donors (Lipinski definition) is 3. The Morgan fingerprint density at radius 3 is 2.46 bits per heavy atom. The van der Waals surface area contributed by atoms with E-state index in [-0.39, 0.29) is 12.0 Å². The van der Waals surface area contributed by atoms with E-state index in [1.54, 1.807) is 6.92 Å². The molecule has 1 heterocycles. The summed E-state index contributed by atoms with van der Waals surface area (Å²) in [5.74, 6) is -2.34. The lowest BCUT2D eigenvalue weighted by molar-refractivity contribution is -0.141. The molecule has 0 aromatic carbocycles. The number of carbonyl (C=O) groups is 2. The lowest BCUT2D eigenvalue weighted by Gasteiger charge is -2.12. The summed E-state index contributed by atoms with van der Waals surface area (Å²) in [6, 6.07) is -1.00. The van der Waals surface area contributed by atoms with Gasteiger partial charge < -0.3 is 15.5 Å². The summed E-state index contributed by atoms with van der Waals surface area (Å²) in [6.07, 6.45) is 1.85. The van der Waals surface area contributed by atoms with Gasteiger partial charge in [-0.25, -0.2) is 9.59 Å². The Morgan fingerprint density at radius 2 is 1.92 bits per heavy atom. The predicted octanol–water partition coefficient (Wildman–Crippen LogP) is -1.42. The maximum absolute atomic E-state index is 11.9. The molecule has 10 heteroatoms. The van der Waals surface area contributed by atoms with Gasteiger partial charge in [0.1, 0.15) is 18.2 Å². The minimum absolute atomic E-state index is 0.240. The van der Waals surface area contributed by atoms with Crippen molar-refractivity contribution in [2.75, 3.05) is 6.54 Å². The van der Waals surface area contributed by atoms with Gasteiger partial charge in [-0.1, -0.05) is 13.3 Å². The molecule has 0 aliphatic heterocycles. The highest BCUT2D eigenvalue weighted by Crippen LogP contribution is 2.05. The van der Waals surface area contributed by atoms with Crippen LogP contribution in [-0.2, 0) is 23.7 Å².